The standard InChI is InChI=1S/C21H37BN2O3/c1-14(8-5-6-10-23)19(25)24-11-7-9-18(24)22-26-17-13-15-12-16(20(15,2)3)21(17,4)27-22/h14-18H,5-13,23H2,1-4H3/t14-,15-,16-,17?,18-,21-/m0/s1. The predicted molar refractivity (Wildman–Crippen MR) is 107 cm³/mol. The minimum absolute atomic E-state index is 0.0585. The number of carbonyl (C=O) groups excluding carboxylic acids is 1. The Balaban J connectivity index is 1.42. The van der Waals surface area contributed by atoms with Crippen molar-refractivity contribution < 1.29 is 14.1 Å². The van der Waals surface area contributed by atoms with E-state index in [0.29, 0.717) is 17.9 Å². The van der Waals surface area contributed by atoms with Gasteiger partial charge in [-0.3, -0.25) is 4.79 Å². The highest BCUT2D eigenvalue weighted by atomic mass is 16.7. The molecular weight excluding hydrogens is 339 g/mol. The molecule has 0 aromatic rings. The molecule has 152 valence electrons. The Labute approximate surface area is 164 Å². The zero-order valence-corrected chi connectivity index (χ0v) is 17.6. The number of amides is 1. The third kappa shape index (κ3) is 3.07. The molecule has 2 heterocycles. The Kier molecular flexibility index (Phi) is 5.14. The number of rotatable bonds is 6. The molecule has 27 heavy (non-hydrogen) atoms. The summed E-state index contributed by atoms with van der Waals surface area (Å²) in [4.78, 5) is 15.1. The van der Waals surface area contributed by atoms with Crippen molar-refractivity contribution in [3.63, 3.8) is 0 Å². The number of likely N-dealkylation sites (tertiary alicyclic amines) is 1. The zero-order valence-electron chi connectivity index (χ0n) is 17.6. The first-order chi connectivity index (χ1) is 12.8. The fourth-order valence-electron chi connectivity index (χ4n) is 6.41. The summed E-state index contributed by atoms with van der Waals surface area (Å²) in [5.74, 6) is 1.73. The molecule has 5 rings (SSSR count). The second kappa shape index (κ2) is 7.03. The Morgan fingerprint density at radius 2 is 2.07 bits per heavy atom. The van der Waals surface area contributed by atoms with E-state index in [-0.39, 0.29) is 36.6 Å². The topological polar surface area (TPSA) is 64.8 Å². The molecule has 2 aliphatic heterocycles. The molecule has 0 radical (unpaired) electrons. The van der Waals surface area contributed by atoms with E-state index in [0.717, 1.165) is 51.0 Å². The number of carbonyl (C=O) groups is 1. The minimum Gasteiger partial charge on any atom is -0.404 e. The minimum atomic E-state index is -0.252. The van der Waals surface area contributed by atoms with Gasteiger partial charge in [-0.1, -0.05) is 27.2 Å². The molecular formula is C21H37BN2O3. The van der Waals surface area contributed by atoms with Crippen molar-refractivity contribution in [2.45, 2.75) is 90.3 Å². The first-order valence-electron chi connectivity index (χ1n) is 11.1. The summed E-state index contributed by atoms with van der Waals surface area (Å²) in [6, 6.07) is 0. The fourth-order valence-corrected chi connectivity index (χ4v) is 6.41. The maximum atomic E-state index is 13.1. The summed E-state index contributed by atoms with van der Waals surface area (Å²) in [7, 11) is -0.252. The van der Waals surface area contributed by atoms with E-state index in [2.05, 4.69) is 32.6 Å². The zero-order chi connectivity index (χ0) is 19.4. The van der Waals surface area contributed by atoms with Gasteiger partial charge in [-0.2, -0.15) is 0 Å². The molecule has 2 saturated heterocycles. The van der Waals surface area contributed by atoms with Crippen molar-refractivity contribution in [3.05, 3.63) is 0 Å². The molecule has 3 aliphatic carbocycles. The van der Waals surface area contributed by atoms with E-state index in [4.69, 9.17) is 15.0 Å². The average Bonchev–Trinajstić information content (AvgIpc) is 3.23. The maximum absolute atomic E-state index is 13.1. The van der Waals surface area contributed by atoms with Crippen molar-refractivity contribution in [2.24, 2.45) is 28.9 Å². The largest absolute Gasteiger partial charge is 0.481 e. The van der Waals surface area contributed by atoms with Crippen LogP contribution in [0.3, 0.4) is 0 Å². The molecule has 0 spiro atoms. The smallest absolute Gasteiger partial charge is 0.404 e. The van der Waals surface area contributed by atoms with Crippen LogP contribution in [-0.2, 0) is 14.1 Å². The van der Waals surface area contributed by atoms with Crippen molar-refractivity contribution in [2.75, 3.05) is 13.1 Å². The molecule has 0 aromatic carbocycles. The SMILES string of the molecule is C[C@@H](CCCCN)C(=O)N1CCC[C@H]1B1OC2C[C@@H]3C[C@@H](C3(C)C)[C@]2(C)O1. The molecule has 2 N–H and O–H groups in total. The van der Waals surface area contributed by atoms with Gasteiger partial charge in [0.05, 0.1) is 17.6 Å². The highest BCUT2D eigenvalue weighted by Gasteiger charge is 2.69. The average molecular weight is 376 g/mol. The maximum Gasteiger partial charge on any atom is 0.481 e. The normalized spacial score (nSPS) is 40.6. The quantitative estimate of drug-likeness (QED) is 0.572. The first kappa shape index (κ1) is 19.7. The Bertz CT molecular complexity index is 586. The van der Waals surface area contributed by atoms with Crippen LogP contribution in [0.25, 0.3) is 0 Å². The second-order valence-electron chi connectivity index (χ2n) is 10.3. The number of hydrogen-bond donors (Lipinski definition) is 1. The molecule has 5 aliphatic rings. The van der Waals surface area contributed by atoms with E-state index < -0.39 is 0 Å². The molecule has 6 heteroatoms. The van der Waals surface area contributed by atoms with Crippen LogP contribution in [0.5, 0.6) is 0 Å². The summed E-state index contributed by atoms with van der Waals surface area (Å²) in [6.07, 6.45) is 7.54. The molecule has 1 amide bonds. The lowest BCUT2D eigenvalue weighted by atomic mass is 9.43. The van der Waals surface area contributed by atoms with Crippen molar-refractivity contribution >= 4 is 13.0 Å². The molecule has 6 atom stereocenters. The van der Waals surface area contributed by atoms with Crippen LogP contribution >= 0.6 is 0 Å². The van der Waals surface area contributed by atoms with Gasteiger partial charge in [-0.25, -0.2) is 0 Å². The summed E-state index contributed by atoms with van der Waals surface area (Å²) in [6.45, 7) is 10.6. The number of nitrogens with two attached hydrogens (primary N) is 1. The van der Waals surface area contributed by atoms with E-state index in [1.165, 1.54) is 6.42 Å². The van der Waals surface area contributed by atoms with Crippen LogP contribution in [0.1, 0.15) is 72.6 Å². The predicted octanol–water partition coefficient (Wildman–Crippen LogP) is 3.01. The van der Waals surface area contributed by atoms with Gasteiger partial charge in [0.25, 0.3) is 0 Å². The highest BCUT2D eigenvalue weighted by Crippen LogP contribution is 2.65. The van der Waals surface area contributed by atoms with Gasteiger partial charge in [0.15, 0.2) is 0 Å². The molecule has 3 saturated carbocycles. The number of unbranched alkanes of at least 4 members (excludes halogenated alkanes) is 1. The molecule has 0 aromatic heterocycles. The monoisotopic (exact) mass is 376 g/mol. The molecule has 2 bridgehead atoms. The lowest BCUT2D eigenvalue weighted by Gasteiger charge is -2.64. The summed E-state index contributed by atoms with van der Waals surface area (Å²) in [5, 5.41) is 0. The third-order valence-corrected chi connectivity index (χ3v) is 8.38. The van der Waals surface area contributed by atoms with E-state index in [9.17, 15) is 4.79 Å². The number of hydrogen-bond acceptors (Lipinski definition) is 4. The van der Waals surface area contributed by atoms with Gasteiger partial charge in [-0.15, -0.1) is 0 Å². The van der Waals surface area contributed by atoms with Crippen LogP contribution in [0.2, 0.25) is 0 Å². The van der Waals surface area contributed by atoms with Crippen LogP contribution < -0.4 is 5.73 Å². The molecule has 5 nitrogen and oxygen atoms in total. The number of nitrogens with zero attached hydrogens (tertiary/aromatic N) is 1. The summed E-state index contributed by atoms with van der Waals surface area (Å²) in [5.41, 5.74) is 5.76. The van der Waals surface area contributed by atoms with E-state index in [1.54, 1.807) is 0 Å². The van der Waals surface area contributed by atoms with Crippen molar-refractivity contribution in [3.8, 4) is 0 Å². The Morgan fingerprint density at radius 1 is 1.30 bits per heavy atom. The molecule has 1 unspecified atom stereocenters. The van der Waals surface area contributed by atoms with Gasteiger partial charge in [0, 0.05) is 12.5 Å². The molecule has 5 fully saturated rings. The van der Waals surface area contributed by atoms with Crippen molar-refractivity contribution in [1.29, 1.82) is 0 Å². The first-order valence-corrected chi connectivity index (χ1v) is 11.1. The van der Waals surface area contributed by atoms with Crippen LogP contribution in [-0.4, -0.2) is 48.7 Å². The Morgan fingerprint density at radius 3 is 2.78 bits per heavy atom. The van der Waals surface area contributed by atoms with Gasteiger partial charge in [-0.05, 0) is 69.2 Å². The van der Waals surface area contributed by atoms with Crippen molar-refractivity contribution in [1.82, 2.24) is 4.90 Å². The second-order valence-corrected chi connectivity index (χ2v) is 10.3. The third-order valence-electron chi connectivity index (χ3n) is 8.38. The van der Waals surface area contributed by atoms with Crippen LogP contribution in [0.4, 0.5) is 0 Å². The van der Waals surface area contributed by atoms with Crippen LogP contribution in [0.15, 0.2) is 0 Å². The van der Waals surface area contributed by atoms with Gasteiger partial charge >= 0.3 is 7.12 Å². The van der Waals surface area contributed by atoms with Gasteiger partial charge < -0.3 is 19.9 Å². The van der Waals surface area contributed by atoms with Gasteiger partial charge in [0.1, 0.15) is 0 Å². The Hall–Kier alpha value is -0.585. The van der Waals surface area contributed by atoms with Crippen LogP contribution in [0, 0.1) is 23.2 Å². The van der Waals surface area contributed by atoms with E-state index >= 15 is 0 Å². The highest BCUT2D eigenvalue weighted by molar-refractivity contribution is 6.48. The lowest BCUT2D eigenvalue weighted by molar-refractivity contribution is -0.199. The fraction of sp³-hybridized carbons (Fsp3) is 0.952. The lowest BCUT2D eigenvalue weighted by Crippen LogP contribution is -2.65. The summed E-state index contributed by atoms with van der Waals surface area (Å²) >= 11 is 0. The summed E-state index contributed by atoms with van der Waals surface area (Å²) < 4.78 is 13.1. The van der Waals surface area contributed by atoms with E-state index in [1.807, 2.05) is 0 Å². The van der Waals surface area contributed by atoms with Gasteiger partial charge in [0.2, 0.25) is 5.91 Å².